The van der Waals surface area contributed by atoms with E-state index in [0.717, 1.165) is 5.56 Å². The van der Waals surface area contributed by atoms with Crippen molar-refractivity contribution in [1.82, 2.24) is 5.32 Å². The molecule has 1 aliphatic rings. The molecule has 2 rings (SSSR count). The van der Waals surface area contributed by atoms with Gasteiger partial charge in [-0.3, -0.25) is 0 Å². The van der Waals surface area contributed by atoms with Gasteiger partial charge in [0.2, 0.25) is 0 Å². The Hall–Kier alpha value is -2.12. The number of carbonyl (C=O) groups excluding carboxylic acids is 2. The average Bonchev–Trinajstić information content (AvgIpc) is 3.12. The van der Waals surface area contributed by atoms with Gasteiger partial charge in [0.1, 0.15) is 12.6 Å². The highest BCUT2D eigenvalue weighted by atomic mass is 16.7. The van der Waals surface area contributed by atoms with Crippen LogP contribution < -0.4 is 5.32 Å². The largest absolute Gasteiger partial charge is 0.467 e. The van der Waals surface area contributed by atoms with Gasteiger partial charge in [0.25, 0.3) is 0 Å². The van der Waals surface area contributed by atoms with Crippen LogP contribution in [-0.2, 0) is 30.3 Å². The molecule has 1 unspecified atom stereocenters. The average molecular weight is 337 g/mol. The lowest BCUT2D eigenvalue weighted by Crippen LogP contribution is -2.41. The lowest BCUT2D eigenvalue weighted by Gasteiger charge is -2.17. The van der Waals surface area contributed by atoms with E-state index in [1.807, 2.05) is 30.3 Å². The van der Waals surface area contributed by atoms with Crippen molar-refractivity contribution in [3.05, 3.63) is 35.9 Å². The van der Waals surface area contributed by atoms with Crippen LogP contribution in [0.1, 0.15) is 24.8 Å². The fraction of sp³-hybridized carbons (Fsp3) is 0.529. The van der Waals surface area contributed by atoms with Crippen LogP contribution in [0, 0.1) is 0 Å². The number of amides is 1. The van der Waals surface area contributed by atoms with Crippen molar-refractivity contribution in [1.29, 1.82) is 0 Å². The Morgan fingerprint density at radius 2 is 1.96 bits per heavy atom. The van der Waals surface area contributed by atoms with Gasteiger partial charge >= 0.3 is 12.1 Å². The zero-order valence-corrected chi connectivity index (χ0v) is 13.7. The minimum Gasteiger partial charge on any atom is -0.467 e. The Kier molecular flexibility index (Phi) is 7.51. The third kappa shape index (κ3) is 6.17. The summed E-state index contributed by atoms with van der Waals surface area (Å²) in [6, 6.07) is 8.57. The van der Waals surface area contributed by atoms with Crippen molar-refractivity contribution in [2.24, 2.45) is 0 Å². The van der Waals surface area contributed by atoms with Gasteiger partial charge in [-0.2, -0.15) is 0 Å². The van der Waals surface area contributed by atoms with Crippen LogP contribution in [0.25, 0.3) is 0 Å². The van der Waals surface area contributed by atoms with E-state index >= 15 is 0 Å². The second kappa shape index (κ2) is 9.89. The summed E-state index contributed by atoms with van der Waals surface area (Å²) >= 11 is 0. The molecule has 1 aromatic carbocycles. The highest BCUT2D eigenvalue weighted by molar-refractivity contribution is 5.81. The summed E-state index contributed by atoms with van der Waals surface area (Å²) in [5.74, 6) is -0.500. The molecule has 1 amide bonds. The number of nitrogens with one attached hydrogen (secondary N) is 1. The first-order valence-electron chi connectivity index (χ1n) is 7.97. The Bertz CT molecular complexity index is 515. The molecular formula is C17H23NO6. The number of hydrogen-bond acceptors (Lipinski definition) is 6. The number of alkyl carbamates (subject to hydrolysis) is 1. The first kappa shape index (κ1) is 18.2. The summed E-state index contributed by atoms with van der Waals surface area (Å²) < 4.78 is 20.5. The van der Waals surface area contributed by atoms with Gasteiger partial charge in [0.05, 0.1) is 20.3 Å². The van der Waals surface area contributed by atoms with Crippen LogP contribution in [-0.4, -0.2) is 44.7 Å². The van der Waals surface area contributed by atoms with E-state index in [-0.39, 0.29) is 12.9 Å². The van der Waals surface area contributed by atoms with Crippen molar-refractivity contribution in [3.63, 3.8) is 0 Å². The van der Waals surface area contributed by atoms with Crippen molar-refractivity contribution in [2.45, 2.75) is 38.2 Å². The number of hydrogen-bond donors (Lipinski definition) is 1. The van der Waals surface area contributed by atoms with Crippen molar-refractivity contribution in [2.75, 3.05) is 20.3 Å². The maximum absolute atomic E-state index is 11.9. The fourth-order valence-corrected chi connectivity index (χ4v) is 2.36. The molecule has 1 heterocycles. The molecule has 24 heavy (non-hydrogen) atoms. The van der Waals surface area contributed by atoms with E-state index < -0.39 is 18.1 Å². The molecule has 0 spiro atoms. The van der Waals surface area contributed by atoms with E-state index in [1.165, 1.54) is 7.11 Å². The summed E-state index contributed by atoms with van der Waals surface area (Å²) in [6.45, 7) is 1.33. The second-order valence-corrected chi connectivity index (χ2v) is 5.38. The van der Waals surface area contributed by atoms with E-state index in [4.69, 9.17) is 18.9 Å². The monoisotopic (exact) mass is 337 g/mol. The zero-order chi connectivity index (χ0) is 17.2. The number of esters is 1. The SMILES string of the molecule is COC(=O)C(CCCC1OCCO1)NC(=O)OCc1ccccc1. The normalized spacial score (nSPS) is 15.7. The number of ether oxygens (including phenoxy) is 4. The molecule has 1 fully saturated rings. The molecule has 0 radical (unpaired) electrons. The van der Waals surface area contributed by atoms with Gasteiger partial charge in [0, 0.05) is 0 Å². The molecule has 1 aliphatic heterocycles. The molecular weight excluding hydrogens is 314 g/mol. The Morgan fingerprint density at radius 1 is 1.25 bits per heavy atom. The van der Waals surface area contributed by atoms with Crippen LogP contribution >= 0.6 is 0 Å². The van der Waals surface area contributed by atoms with Gasteiger partial charge in [-0.05, 0) is 24.8 Å². The van der Waals surface area contributed by atoms with Crippen LogP contribution in [0.3, 0.4) is 0 Å². The minimum absolute atomic E-state index is 0.143. The molecule has 132 valence electrons. The molecule has 7 nitrogen and oxygen atoms in total. The van der Waals surface area contributed by atoms with Gasteiger partial charge in [-0.25, -0.2) is 9.59 Å². The number of benzene rings is 1. The molecule has 1 saturated heterocycles. The molecule has 0 aromatic heterocycles. The standard InChI is InChI=1S/C17H23NO6/c1-21-16(19)14(8-5-9-15-22-10-11-23-15)18-17(20)24-12-13-6-3-2-4-7-13/h2-4,6-7,14-15H,5,8-12H2,1H3,(H,18,20). The van der Waals surface area contributed by atoms with Gasteiger partial charge < -0.3 is 24.3 Å². The van der Waals surface area contributed by atoms with Crippen molar-refractivity contribution < 1.29 is 28.5 Å². The summed E-state index contributed by atoms with van der Waals surface area (Å²) in [7, 11) is 1.29. The van der Waals surface area contributed by atoms with Gasteiger partial charge in [-0.1, -0.05) is 30.3 Å². The smallest absolute Gasteiger partial charge is 0.408 e. The molecule has 7 heteroatoms. The second-order valence-electron chi connectivity index (χ2n) is 5.38. The summed E-state index contributed by atoms with van der Waals surface area (Å²) in [4.78, 5) is 23.7. The van der Waals surface area contributed by atoms with Gasteiger partial charge in [0.15, 0.2) is 6.29 Å². The molecule has 1 aromatic rings. The first-order valence-corrected chi connectivity index (χ1v) is 7.97. The molecule has 0 bridgehead atoms. The summed E-state index contributed by atoms with van der Waals surface area (Å²) in [6.07, 6.45) is 0.865. The topological polar surface area (TPSA) is 83.1 Å². The molecule has 1 N–H and O–H groups in total. The maximum Gasteiger partial charge on any atom is 0.408 e. The molecule has 1 atom stereocenters. The highest BCUT2D eigenvalue weighted by Gasteiger charge is 2.23. The summed E-state index contributed by atoms with van der Waals surface area (Å²) in [5, 5.41) is 2.55. The summed E-state index contributed by atoms with van der Waals surface area (Å²) in [5.41, 5.74) is 0.873. The number of carbonyl (C=O) groups is 2. The predicted octanol–water partition coefficient (Wildman–Crippen LogP) is 2.00. The zero-order valence-electron chi connectivity index (χ0n) is 13.7. The molecule has 0 aliphatic carbocycles. The van der Waals surface area contributed by atoms with E-state index in [1.54, 1.807) is 0 Å². The number of methoxy groups -OCH3 is 1. The van der Waals surface area contributed by atoms with Crippen molar-refractivity contribution >= 4 is 12.1 Å². The van der Waals surface area contributed by atoms with Gasteiger partial charge in [-0.15, -0.1) is 0 Å². The van der Waals surface area contributed by atoms with E-state index in [0.29, 0.717) is 32.5 Å². The predicted molar refractivity (Wildman–Crippen MR) is 85.1 cm³/mol. The first-order chi connectivity index (χ1) is 11.7. The van der Waals surface area contributed by atoms with Crippen LogP contribution in [0.4, 0.5) is 4.79 Å². The van der Waals surface area contributed by atoms with Crippen LogP contribution in [0.5, 0.6) is 0 Å². The third-order valence-electron chi connectivity index (χ3n) is 3.61. The lowest BCUT2D eigenvalue weighted by atomic mass is 10.1. The number of rotatable bonds is 8. The van der Waals surface area contributed by atoms with E-state index in [9.17, 15) is 9.59 Å². The van der Waals surface area contributed by atoms with E-state index in [2.05, 4.69) is 5.32 Å². The fourth-order valence-electron chi connectivity index (χ4n) is 2.36. The quantitative estimate of drug-likeness (QED) is 0.731. The Morgan fingerprint density at radius 3 is 2.62 bits per heavy atom. The molecule has 0 saturated carbocycles. The maximum atomic E-state index is 11.9. The Balaban J connectivity index is 1.74. The van der Waals surface area contributed by atoms with Crippen molar-refractivity contribution in [3.8, 4) is 0 Å². The van der Waals surface area contributed by atoms with Crippen LogP contribution in [0.15, 0.2) is 30.3 Å². The minimum atomic E-state index is -0.750. The highest BCUT2D eigenvalue weighted by Crippen LogP contribution is 2.13. The van der Waals surface area contributed by atoms with Crippen LogP contribution in [0.2, 0.25) is 0 Å². The third-order valence-corrected chi connectivity index (χ3v) is 3.61. The Labute approximate surface area is 141 Å². The lowest BCUT2D eigenvalue weighted by molar-refractivity contribution is -0.143.